The van der Waals surface area contributed by atoms with Gasteiger partial charge in [0, 0.05) is 32.0 Å². The van der Waals surface area contributed by atoms with E-state index in [1.165, 1.54) is 0 Å². The largest absolute Gasteiger partial charge is 0.373 e. The van der Waals surface area contributed by atoms with Gasteiger partial charge in [-0.15, -0.1) is 0 Å². The van der Waals surface area contributed by atoms with Crippen LogP contribution in [0.25, 0.3) is 11.3 Å². The summed E-state index contributed by atoms with van der Waals surface area (Å²) in [5, 5.41) is 4.17. The third-order valence-corrected chi connectivity index (χ3v) is 3.15. The lowest BCUT2D eigenvalue weighted by atomic mass is 9.88. The van der Waals surface area contributed by atoms with E-state index in [4.69, 9.17) is 10.6 Å². The molecule has 2 aromatic rings. The fourth-order valence-corrected chi connectivity index (χ4v) is 2.20. The molecule has 114 valence electrons. The molecular formula is C14H22N6O. The van der Waals surface area contributed by atoms with Crippen LogP contribution >= 0.6 is 0 Å². The first kappa shape index (κ1) is 15.4. The Balaban J connectivity index is 2.52. The molecule has 0 aromatic carbocycles. The van der Waals surface area contributed by atoms with Gasteiger partial charge in [-0.25, -0.2) is 15.8 Å². The number of nitrogens with one attached hydrogen (secondary N) is 1. The number of hydrogen-bond donors (Lipinski definition) is 2. The zero-order valence-corrected chi connectivity index (χ0v) is 13.1. The first-order chi connectivity index (χ1) is 9.85. The van der Waals surface area contributed by atoms with Crippen molar-refractivity contribution in [3.8, 4) is 11.3 Å². The number of nitrogen functional groups attached to an aromatic ring is 1. The maximum Gasteiger partial charge on any atom is 0.160 e. The molecule has 0 aliphatic carbocycles. The molecule has 1 unspecified atom stereocenters. The van der Waals surface area contributed by atoms with E-state index in [0.29, 0.717) is 11.6 Å². The summed E-state index contributed by atoms with van der Waals surface area (Å²) < 4.78 is 7.31. The Morgan fingerprint density at radius 3 is 2.52 bits per heavy atom. The van der Waals surface area contributed by atoms with Crippen molar-refractivity contribution < 1.29 is 4.74 Å². The molecule has 0 aliphatic heterocycles. The van der Waals surface area contributed by atoms with Crippen LogP contribution in [0.2, 0.25) is 0 Å². The molecule has 2 rings (SSSR count). The van der Waals surface area contributed by atoms with E-state index < -0.39 is 0 Å². The second-order valence-electron chi connectivity index (χ2n) is 6.03. The Hall–Kier alpha value is -1.99. The second-order valence-corrected chi connectivity index (χ2v) is 6.03. The molecular weight excluding hydrogens is 268 g/mol. The molecule has 7 nitrogen and oxygen atoms in total. The van der Waals surface area contributed by atoms with E-state index in [-0.39, 0.29) is 11.5 Å². The monoisotopic (exact) mass is 290 g/mol. The van der Waals surface area contributed by atoms with Crippen LogP contribution < -0.4 is 11.3 Å². The maximum atomic E-state index is 5.58. The SMILES string of the molecule is COC(c1nc(NN)cc(-c2cnn(C)c2)n1)C(C)(C)C. The predicted molar refractivity (Wildman–Crippen MR) is 81.2 cm³/mol. The molecule has 0 saturated carbocycles. The summed E-state index contributed by atoms with van der Waals surface area (Å²) >= 11 is 0. The fraction of sp³-hybridized carbons (Fsp3) is 0.500. The van der Waals surface area contributed by atoms with Crippen LogP contribution in [0.5, 0.6) is 0 Å². The number of nitrogens with zero attached hydrogens (tertiary/aromatic N) is 4. The highest BCUT2D eigenvalue weighted by Gasteiger charge is 2.29. The van der Waals surface area contributed by atoms with Crippen LogP contribution in [0.4, 0.5) is 5.82 Å². The number of ether oxygens (including phenoxy) is 1. The number of methoxy groups -OCH3 is 1. The van der Waals surface area contributed by atoms with Crippen LogP contribution in [0.15, 0.2) is 18.5 Å². The highest BCUT2D eigenvalue weighted by atomic mass is 16.5. The van der Waals surface area contributed by atoms with Crippen LogP contribution in [0.1, 0.15) is 32.7 Å². The summed E-state index contributed by atoms with van der Waals surface area (Å²) in [6, 6.07) is 1.79. The molecule has 7 heteroatoms. The number of aromatic nitrogens is 4. The lowest BCUT2D eigenvalue weighted by Gasteiger charge is -2.28. The van der Waals surface area contributed by atoms with Gasteiger partial charge in [0.2, 0.25) is 0 Å². The first-order valence-electron chi connectivity index (χ1n) is 6.72. The summed E-state index contributed by atoms with van der Waals surface area (Å²) in [5.41, 5.74) is 4.11. The summed E-state index contributed by atoms with van der Waals surface area (Å²) in [6.07, 6.45) is 3.41. The smallest absolute Gasteiger partial charge is 0.160 e. The van der Waals surface area contributed by atoms with Crippen molar-refractivity contribution in [2.75, 3.05) is 12.5 Å². The van der Waals surface area contributed by atoms with Crippen molar-refractivity contribution >= 4 is 5.82 Å². The number of hydrazine groups is 1. The molecule has 0 aliphatic rings. The van der Waals surface area contributed by atoms with Gasteiger partial charge in [-0.2, -0.15) is 5.10 Å². The lowest BCUT2D eigenvalue weighted by molar-refractivity contribution is 0.00884. The molecule has 1 atom stereocenters. The normalized spacial score (nSPS) is 13.2. The quantitative estimate of drug-likeness (QED) is 0.660. The molecule has 0 fully saturated rings. The molecule has 21 heavy (non-hydrogen) atoms. The Labute approximate surface area is 124 Å². The highest BCUT2D eigenvalue weighted by molar-refractivity contribution is 5.60. The molecule has 0 bridgehead atoms. The van der Waals surface area contributed by atoms with Gasteiger partial charge in [0.1, 0.15) is 11.9 Å². The summed E-state index contributed by atoms with van der Waals surface area (Å²) in [4.78, 5) is 9.04. The average molecular weight is 290 g/mol. The minimum absolute atomic E-state index is 0.131. The van der Waals surface area contributed by atoms with Crippen LogP contribution in [-0.4, -0.2) is 26.9 Å². The predicted octanol–water partition coefficient (Wildman–Crippen LogP) is 1.90. The number of rotatable bonds is 4. The van der Waals surface area contributed by atoms with E-state index in [2.05, 4.69) is 41.3 Å². The summed E-state index contributed by atoms with van der Waals surface area (Å²) in [7, 11) is 3.52. The zero-order chi connectivity index (χ0) is 15.6. The first-order valence-corrected chi connectivity index (χ1v) is 6.72. The molecule has 2 heterocycles. The van der Waals surface area contributed by atoms with Crippen LogP contribution in [-0.2, 0) is 11.8 Å². The molecule has 3 N–H and O–H groups in total. The van der Waals surface area contributed by atoms with E-state index in [1.807, 2.05) is 13.2 Å². The molecule has 0 saturated heterocycles. The number of aryl methyl sites for hydroxylation is 1. The standard InChI is InChI=1S/C14H22N6O/c1-14(2,3)12(21-5)13-17-10(6-11(18-13)19-15)9-7-16-20(4)8-9/h6-8,12H,15H2,1-5H3,(H,17,18,19). The second kappa shape index (κ2) is 5.79. The molecule has 0 radical (unpaired) electrons. The lowest BCUT2D eigenvalue weighted by Crippen LogP contribution is -2.23. The van der Waals surface area contributed by atoms with E-state index in [0.717, 1.165) is 11.3 Å². The van der Waals surface area contributed by atoms with Crippen molar-refractivity contribution in [3.05, 3.63) is 24.3 Å². The fourth-order valence-electron chi connectivity index (χ4n) is 2.20. The molecule has 2 aromatic heterocycles. The van der Waals surface area contributed by atoms with Crippen molar-refractivity contribution in [2.45, 2.75) is 26.9 Å². The van der Waals surface area contributed by atoms with Gasteiger partial charge in [0.05, 0.1) is 11.9 Å². The third-order valence-electron chi connectivity index (χ3n) is 3.15. The van der Waals surface area contributed by atoms with Gasteiger partial charge in [-0.3, -0.25) is 4.68 Å². The van der Waals surface area contributed by atoms with Gasteiger partial charge < -0.3 is 10.2 Å². The van der Waals surface area contributed by atoms with Gasteiger partial charge in [0.15, 0.2) is 5.82 Å². The van der Waals surface area contributed by atoms with Gasteiger partial charge >= 0.3 is 0 Å². The Morgan fingerprint density at radius 1 is 1.33 bits per heavy atom. The number of hydrogen-bond acceptors (Lipinski definition) is 6. The van der Waals surface area contributed by atoms with Gasteiger partial charge in [-0.05, 0) is 5.41 Å². The van der Waals surface area contributed by atoms with Crippen LogP contribution in [0, 0.1) is 5.41 Å². The maximum absolute atomic E-state index is 5.58. The van der Waals surface area contributed by atoms with Crippen molar-refractivity contribution in [3.63, 3.8) is 0 Å². The minimum atomic E-state index is -0.235. The minimum Gasteiger partial charge on any atom is -0.373 e. The molecule has 0 spiro atoms. The Morgan fingerprint density at radius 2 is 2.05 bits per heavy atom. The highest BCUT2D eigenvalue weighted by Crippen LogP contribution is 2.35. The van der Waals surface area contributed by atoms with Crippen molar-refractivity contribution in [1.29, 1.82) is 0 Å². The Kier molecular flexibility index (Phi) is 4.24. The van der Waals surface area contributed by atoms with E-state index in [9.17, 15) is 0 Å². The average Bonchev–Trinajstić information content (AvgIpc) is 2.84. The number of nitrogens with two attached hydrogens (primary N) is 1. The topological polar surface area (TPSA) is 90.9 Å². The van der Waals surface area contributed by atoms with Gasteiger partial charge in [-0.1, -0.05) is 20.8 Å². The Bertz CT molecular complexity index is 616. The summed E-state index contributed by atoms with van der Waals surface area (Å²) in [5.74, 6) is 6.66. The van der Waals surface area contributed by atoms with Crippen molar-refractivity contribution in [2.24, 2.45) is 18.3 Å². The van der Waals surface area contributed by atoms with Crippen LogP contribution in [0.3, 0.4) is 0 Å². The zero-order valence-electron chi connectivity index (χ0n) is 13.1. The molecule has 0 amide bonds. The third kappa shape index (κ3) is 3.37. The number of anilines is 1. The van der Waals surface area contributed by atoms with E-state index >= 15 is 0 Å². The van der Waals surface area contributed by atoms with Gasteiger partial charge in [0.25, 0.3) is 0 Å². The van der Waals surface area contributed by atoms with Crippen molar-refractivity contribution in [1.82, 2.24) is 19.7 Å². The van der Waals surface area contributed by atoms with E-state index in [1.54, 1.807) is 24.1 Å². The summed E-state index contributed by atoms with van der Waals surface area (Å²) in [6.45, 7) is 6.24.